The Labute approximate surface area is 115 Å². The van der Waals surface area contributed by atoms with Crippen LogP contribution in [0.4, 0.5) is 0 Å². The molecule has 0 aromatic heterocycles. The van der Waals surface area contributed by atoms with Gasteiger partial charge in [0.15, 0.2) is 0 Å². The van der Waals surface area contributed by atoms with Crippen LogP contribution in [0, 0.1) is 0 Å². The first-order chi connectivity index (χ1) is 8.99. The first kappa shape index (κ1) is 14.5. The van der Waals surface area contributed by atoms with Crippen molar-refractivity contribution < 1.29 is 8.42 Å². The van der Waals surface area contributed by atoms with E-state index < -0.39 is 10.0 Å². The molecule has 0 heterocycles. The van der Waals surface area contributed by atoms with Crippen LogP contribution in [0.5, 0.6) is 0 Å². The lowest BCUT2D eigenvalue weighted by atomic mass is 9.92. The number of nitrogens with zero attached hydrogens (tertiary/aromatic N) is 1. The number of rotatable bonds is 4. The molecule has 0 saturated heterocycles. The van der Waals surface area contributed by atoms with E-state index in [1.807, 2.05) is 30.3 Å². The molecule has 0 amide bonds. The summed E-state index contributed by atoms with van der Waals surface area (Å²) in [5.74, 6) is 0.0763. The Morgan fingerprint density at radius 1 is 1.16 bits per heavy atom. The average molecular weight is 282 g/mol. The first-order valence-corrected chi connectivity index (χ1v) is 8.35. The summed E-state index contributed by atoms with van der Waals surface area (Å²) in [4.78, 5) is 0. The zero-order chi connectivity index (χ0) is 13.9. The summed E-state index contributed by atoms with van der Waals surface area (Å²) in [5.41, 5.74) is 6.70. The molecular formula is C14H22N2O2S. The Morgan fingerprint density at radius 3 is 2.32 bits per heavy atom. The van der Waals surface area contributed by atoms with Gasteiger partial charge in [0.05, 0.1) is 5.75 Å². The van der Waals surface area contributed by atoms with E-state index in [1.54, 1.807) is 11.4 Å². The summed E-state index contributed by atoms with van der Waals surface area (Å²) < 4.78 is 26.3. The van der Waals surface area contributed by atoms with Crippen LogP contribution in [0.25, 0.3) is 0 Å². The van der Waals surface area contributed by atoms with Crippen LogP contribution in [-0.4, -0.2) is 31.9 Å². The summed E-state index contributed by atoms with van der Waals surface area (Å²) in [6.45, 7) is 0. The van der Waals surface area contributed by atoms with Gasteiger partial charge in [0, 0.05) is 19.1 Å². The van der Waals surface area contributed by atoms with Crippen molar-refractivity contribution >= 4 is 10.0 Å². The third kappa shape index (κ3) is 3.78. The van der Waals surface area contributed by atoms with Crippen LogP contribution in [0.2, 0.25) is 0 Å². The van der Waals surface area contributed by atoms with Crippen molar-refractivity contribution in [2.24, 2.45) is 5.73 Å². The maximum absolute atomic E-state index is 12.4. The van der Waals surface area contributed by atoms with E-state index in [4.69, 9.17) is 5.73 Å². The van der Waals surface area contributed by atoms with Gasteiger partial charge < -0.3 is 5.73 Å². The Kier molecular flexibility index (Phi) is 4.60. The van der Waals surface area contributed by atoms with Crippen molar-refractivity contribution in [3.05, 3.63) is 35.9 Å². The van der Waals surface area contributed by atoms with E-state index in [-0.39, 0.29) is 17.8 Å². The first-order valence-electron chi connectivity index (χ1n) is 6.74. The van der Waals surface area contributed by atoms with E-state index in [2.05, 4.69) is 0 Å². The zero-order valence-corrected chi connectivity index (χ0v) is 12.1. The van der Waals surface area contributed by atoms with Gasteiger partial charge in [-0.15, -0.1) is 0 Å². The monoisotopic (exact) mass is 282 g/mol. The fourth-order valence-corrected chi connectivity index (χ4v) is 4.06. The highest BCUT2D eigenvalue weighted by Crippen LogP contribution is 2.24. The van der Waals surface area contributed by atoms with Gasteiger partial charge in [-0.1, -0.05) is 30.3 Å². The highest BCUT2D eigenvalue weighted by Gasteiger charge is 2.29. The minimum Gasteiger partial charge on any atom is -0.328 e. The van der Waals surface area contributed by atoms with E-state index in [0.717, 1.165) is 31.2 Å². The van der Waals surface area contributed by atoms with Crippen LogP contribution < -0.4 is 5.73 Å². The normalized spacial score (nSPS) is 24.6. The molecule has 5 heteroatoms. The molecule has 1 saturated carbocycles. The molecule has 0 atom stereocenters. The lowest BCUT2D eigenvalue weighted by Crippen LogP contribution is -2.42. The van der Waals surface area contributed by atoms with E-state index in [9.17, 15) is 8.42 Å². The summed E-state index contributed by atoms with van der Waals surface area (Å²) in [7, 11) is -1.54. The second-order valence-electron chi connectivity index (χ2n) is 5.33. The minimum absolute atomic E-state index is 0.0763. The molecule has 19 heavy (non-hydrogen) atoms. The van der Waals surface area contributed by atoms with Crippen molar-refractivity contribution in [2.45, 2.75) is 43.5 Å². The van der Waals surface area contributed by atoms with Crippen molar-refractivity contribution in [3.8, 4) is 0 Å². The molecular weight excluding hydrogens is 260 g/mol. The van der Waals surface area contributed by atoms with E-state index in [0.29, 0.717) is 0 Å². The van der Waals surface area contributed by atoms with E-state index in [1.165, 1.54) is 0 Å². The van der Waals surface area contributed by atoms with Crippen molar-refractivity contribution in [1.82, 2.24) is 4.31 Å². The third-order valence-electron chi connectivity index (χ3n) is 3.89. The van der Waals surface area contributed by atoms with Gasteiger partial charge in [0.1, 0.15) is 0 Å². The smallest absolute Gasteiger partial charge is 0.218 e. The summed E-state index contributed by atoms with van der Waals surface area (Å²) in [6, 6.07) is 9.66. The predicted molar refractivity (Wildman–Crippen MR) is 77.1 cm³/mol. The third-order valence-corrected chi connectivity index (χ3v) is 5.76. The quantitative estimate of drug-likeness (QED) is 0.914. The summed E-state index contributed by atoms with van der Waals surface area (Å²) >= 11 is 0. The topological polar surface area (TPSA) is 63.4 Å². The minimum atomic E-state index is -3.24. The molecule has 1 aliphatic carbocycles. The molecule has 2 N–H and O–H groups in total. The van der Waals surface area contributed by atoms with Gasteiger partial charge in [-0.2, -0.15) is 0 Å². The molecule has 1 aromatic carbocycles. The Morgan fingerprint density at radius 2 is 1.74 bits per heavy atom. The average Bonchev–Trinajstić information content (AvgIpc) is 2.39. The molecule has 1 aromatic rings. The molecule has 0 bridgehead atoms. The summed E-state index contributed by atoms with van der Waals surface area (Å²) in [6.07, 6.45) is 3.56. The van der Waals surface area contributed by atoms with Crippen LogP contribution >= 0.6 is 0 Å². The summed E-state index contributed by atoms with van der Waals surface area (Å²) in [5, 5.41) is 0. The fraction of sp³-hybridized carbons (Fsp3) is 0.571. The highest BCUT2D eigenvalue weighted by atomic mass is 32.2. The van der Waals surface area contributed by atoms with Crippen molar-refractivity contribution in [2.75, 3.05) is 7.05 Å². The second-order valence-corrected chi connectivity index (χ2v) is 7.36. The Balaban J connectivity index is 2.03. The molecule has 0 unspecified atom stereocenters. The predicted octanol–water partition coefficient (Wildman–Crippen LogP) is 1.72. The van der Waals surface area contributed by atoms with Crippen LogP contribution in [-0.2, 0) is 15.8 Å². The lowest BCUT2D eigenvalue weighted by molar-refractivity contribution is 0.268. The molecule has 106 valence electrons. The molecule has 2 rings (SSSR count). The van der Waals surface area contributed by atoms with Gasteiger partial charge in [-0.25, -0.2) is 12.7 Å². The molecule has 0 spiro atoms. The number of hydrogen-bond acceptors (Lipinski definition) is 3. The van der Waals surface area contributed by atoms with E-state index >= 15 is 0 Å². The van der Waals surface area contributed by atoms with Crippen LogP contribution in [0.3, 0.4) is 0 Å². The van der Waals surface area contributed by atoms with Gasteiger partial charge >= 0.3 is 0 Å². The molecule has 0 aliphatic heterocycles. The maximum atomic E-state index is 12.4. The van der Waals surface area contributed by atoms with Gasteiger partial charge in [-0.05, 0) is 31.2 Å². The van der Waals surface area contributed by atoms with Crippen LogP contribution in [0.15, 0.2) is 30.3 Å². The van der Waals surface area contributed by atoms with Crippen LogP contribution in [0.1, 0.15) is 31.2 Å². The second kappa shape index (κ2) is 6.03. The molecule has 1 aliphatic rings. The fourth-order valence-electron chi connectivity index (χ4n) is 2.58. The van der Waals surface area contributed by atoms with Crippen molar-refractivity contribution in [3.63, 3.8) is 0 Å². The highest BCUT2D eigenvalue weighted by molar-refractivity contribution is 7.88. The number of sulfonamides is 1. The van der Waals surface area contributed by atoms with Gasteiger partial charge in [-0.3, -0.25) is 0 Å². The largest absolute Gasteiger partial charge is 0.328 e. The lowest BCUT2D eigenvalue weighted by Gasteiger charge is -2.32. The Hall–Kier alpha value is -0.910. The number of nitrogens with two attached hydrogens (primary N) is 1. The standard InChI is InChI=1S/C14H22N2O2S/c1-16(14-9-7-13(15)8-10-14)19(17,18)11-12-5-3-2-4-6-12/h2-6,13-14H,7-11,15H2,1H3. The zero-order valence-electron chi connectivity index (χ0n) is 11.3. The van der Waals surface area contributed by atoms with Crippen molar-refractivity contribution in [1.29, 1.82) is 0 Å². The SMILES string of the molecule is CN(C1CCC(N)CC1)S(=O)(=O)Cc1ccccc1. The Bertz CT molecular complexity index is 493. The number of benzene rings is 1. The molecule has 0 radical (unpaired) electrons. The molecule has 1 fully saturated rings. The maximum Gasteiger partial charge on any atom is 0.218 e. The van der Waals surface area contributed by atoms with Gasteiger partial charge in [0.25, 0.3) is 0 Å². The molecule has 4 nitrogen and oxygen atoms in total. The number of hydrogen-bond donors (Lipinski definition) is 1. The van der Waals surface area contributed by atoms with Gasteiger partial charge in [0.2, 0.25) is 10.0 Å².